The van der Waals surface area contributed by atoms with Crippen molar-refractivity contribution in [3.63, 3.8) is 0 Å². The van der Waals surface area contributed by atoms with Gasteiger partial charge in [0.05, 0.1) is 0 Å². The van der Waals surface area contributed by atoms with Crippen molar-refractivity contribution < 1.29 is 4.79 Å². The second-order valence-electron chi connectivity index (χ2n) is 7.14. The van der Waals surface area contributed by atoms with Gasteiger partial charge in [0.2, 0.25) is 0 Å². The van der Waals surface area contributed by atoms with Crippen molar-refractivity contribution in [3.05, 3.63) is 29.8 Å². The number of urea groups is 1. The molecular weight excluding hydrogens is 286 g/mol. The van der Waals surface area contributed by atoms with E-state index in [-0.39, 0.29) is 11.6 Å². The molecule has 2 N–H and O–H groups in total. The number of carbonyl (C=O) groups is 1. The second kappa shape index (κ2) is 7.82. The van der Waals surface area contributed by atoms with E-state index in [0.29, 0.717) is 6.54 Å². The number of hydrogen-bond donors (Lipinski definition) is 2. The molecule has 2 atom stereocenters. The summed E-state index contributed by atoms with van der Waals surface area (Å²) in [6.07, 6.45) is 5.74. The van der Waals surface area contributed by atoms with E-state index in [9.17, 15) is 4.79 Å². The van der Waals surface area contributed by atoms with Crippen LogP contribution in [0.1, 0.15) is 45.1 Å². The van der Waals surface area contributed by atoms with Gasteiger partial charge in [0.25, 0.3) is 0 Å². The summed E-state index contributed by atoms with van der Waals surface area (Å²) < 4.78 is 0. The predicted octanol–water partition coefficient (Wildman–Crippen LogP) is 3.88. The van der Waals surface area contributed by atoms with Crippen LogP contribution in [0.4, 0.5) is 10.5 Å². The lowest BCUT2D eigenvalue weighted by Gasteiger charge is -2.45. The summed E-state index contributed by atoms with van der Waals surface area (Å²) in [6, 6.07) is 7.87. The molecule has 2 amide bonds. The van der Waals surface area contributed by atoms with Gasteiger partial charge in [-0.15, -0.1) is 0 Å². The Balaban J connectivity index is 1.97. The second-order valence-corrected chi connectivity index (χ2v) is 7.14. The molecule has 0 spiro atoms. The first-order chi connectivity index (χ1) is 11.0. The number of anilines is 1. The number of likely N-dealkylation sites (N-methyl/N-ethyl adjacent to an activating group) is 1. The van der Waals surface area contributed by atoms with Crippen molar-refractivity contribution in [1.29, 1.82) is 0 Å². The lowest BCUT2D eigenvalue weighted by Crippen LogP contribution is -2.55. The van der Waals surface area contributed by atoms with Crippen LogP contribution in [0.2, 0.25) is 0 Å². The normalized spacial score (nSPS) is 24.5. The Morgan fingerprint density at radius 3 is 2.74 bits per heavy atom. The fourth-order valence-electron chi connectivity index (χ4n) is 3.72. The predicted molar refractivity (Wildman–Crippen MR) is 96.9 cm³/mol. The molecule has 1 aromatic rings. The van der Waals surface area contributed by atoms with Crippen molar-refractivity contribution in [1.82, 2.24) is 10.2 Å². The van der Waals surface area contributed by atoms with E-state index < -0.39 is 0 Å². The van der Waals surface area contributed by atoms with Gasteiger partial charge in [-0.1, -0.05) is 44.9 Å². The molecule has 0 aromatic heterocycles. The van der Waals surface area contributed by atoms with Crippen LogP contribution >= 0.6 is 0 Å². The summed E-state index contributed by atoms with van der Waals surface area (Å²) >= 11 is 0. The molecule has 1 aromatic carbocycles. The Hall–Kier alpha value is -1.55. The van der Waals surface area contributed by atoms with Gasteiger partial charge in [0.15, 0.2) is 0 Å². The van der Waals surface area contributed by atoms with Gasteiger partial charge < -0.3 is 15.5 Å². The van der Waals surface area contributed by atoms with Crippen LogP contribution in [-0.2, 0) is 6.42 Å². The molecule has 2 rings (SSSR count). The van der Waals surface area contributed by atoms with E-state index in [2.05, 4.69) is 49.5 Å². The highest BCUT2D eigenvalue weighted by atomic mass is 16.2. The number of nitrogens with zero attached hydrogens (tertiary/aromatic N) is 1. The van der Waals surface area contributed by atoms with Crippen molar-refractivity contribution in [2.24, 2.45) is 5.92 Å². The number of amides is 2. The molecule has 0 heterocycles. The van der Waals surface area contributed by atoms with Gasteiger partial charge in [0, 0.05) is 17.8 Å². The molecular formula is C19H31N3O. The lowest BCUT2D eigenvalue weighted by molar-refractivity contribution is 0.0779. The van der Waals surface area contributed by atoms with Gasteiger partial charge in [-0.25, -0.2) is 4.79 Å². The highest BCUT2D eigenvalue weighted by Crippen LogP contribution is 2.35. The highest BCUT2D eigenvalue weighted by Gasteiger charge is 2.37. The average molecular weight is 317 g/mol. The fraction of sp³-hybridized carbons (Fsp3) is 0.632. The van der Waals surface area contributed by atoms with Crippen molar-refractivity contribution in [2.45, 2.75) is 51.5 Å². The minimum absolute atomic E-state index is 0.0826. The molecule has 4 heteroatoms. The average Bonchev–Trinajstić information content (AvgIpc) is 2.53. The third-order valence-corrected chi connectivity index (χ3v) is 5.24. The van der Waals surface area contributed by atoms with Crippen LogP contribution in [0.3, 0.4) is 0 Å². The molecule has 0 saturated heterocycles. The standard InChI is InChI=1S/C19H31N3O/c1-5-16-10-6-7-11-17(16)21-18(23)20-14-19(22(3)4)12-8-9-15(2)13-19/h6-7,10-11,15H,5,8-9,12-14H2,1-4H3,(H2,20,21,23)/t15-,19+/m0/s1. The Bertz CT molecular complexity index is 529. The van der Waals surface area contributed by atoms with Crippen LogP contribution in [-0.4, -0.2) is 37.1 Å². The van der Waals surface area contributed by atoms with Crippen LogP contribution in [0, 0.1) is 5.92 Å². The Morgan fingerprint density at radius 2 is 2.09 bits per heavy atom. The quantitative estimate of drug-likeness (QED) is 0.865. The van der Waals surface area contributed by atoms with E-state index in [1.807, 2.05) is 18.2 Å². The number of hydrogen-bond acceptors (Lipinski definition) is 2. The summed E-state index contributed by atoms with van der Waals surface area (Å²) in [4.78, 5) is 14.6. The minimum Gasteiger partial charge on any atom is -0.336 e. The zero-order valence-corrected chi connectivity index (χ0v) is 15.0. The fourth-order valence-corrected chi connectivity index (χ4v) is 3.72. The van der Waals surface area contributed by atoms with Gasteiger partial charge in [0.1, 0.15) is 0 Å². The first-order valence-electron chi connectivity index (χ1n) is 8.77. The van der Waals surface area contributed by atoms with Crippen LogP contribution < -0.4 is 10.6 Å². The molecule has 1 aliphatic carbocycles. The number of rotatable bonds is 5. The summed E-state index contributed by atoms with van der Waals surface area (Å²) in [5.41, 5.74) is 2.15. The topological polar surface area (TPSA) is 44.4 Å². The third-order valence-electron chi connectivity index (χ3n) is 5.24. The largest absolute Gasteiger partial charge is 0.336 e. The number of para-hydroxylation sites is 1. The number of aryl methyl sites for hydroxylation is 1. The molecule has 0 aliphatic heterocycles. The Kier molecular flexibility index (Phi) is 6.05. The van der Waals surface area contributed by atoms with E-state index in [1.54, 1.807) is 0 Å². The highest BCUT2D eigenvalue weighted by molar-refractivity contribution is 5.90. The van der Waals surface area contributed by atoms with E-state index in [1.165, 1.54) is 12.8 Å². The molecule has 23 heavy (non-hydrogen) atoms. The van der Waals surface area contributed by atoms with Gasteiger partial charge >= 0.3 is 6.03 Å². The molecule has 4 nitrogen and oxygen atoms in total. The SMILES string of the molecule is CCc1ccccc1NC(=O)NC[C@@]1(N(C)C)CCC[C@H](C)C1. The molecule has 0 unspecified atom stereocenters. The summed E-state index contributed by atoms with van der Waals surface area (Å²) in [5.74, 6) is 0.719. The molecule has 128 valence electrons. The first kappa shape index (κ1) is 17.8. The van der Waals surface area contributed by atoms with Gasteiger partial charge in [-0.05, 0) is 50.9 Å². The van der Waals surface area contributed by atoms with Crippen LogP contribution in [0.5, 0.6) is 0 Å². The maximum absolute atomic E-state index is 12.3. The molecule has 1 aliphatic rings. The maximum atomic E-state index is 12.3. The smallest absolute Gasteiger partial charge is 0.319 e. The Morgan fingerprint density at radius 1 is 1.35 bits per heavy atom. The monoisotopic (exact) mass is 317 g/mol. The van der Waals surface area contributed by atoms with E-state index in [0.717, 1.165) is 36.4 Å². The summed E-state index contributed by atoms with van der Waals surface area (Å²) in [7, 11) is 4.26. The zero-order valence-electron chi connectivity index (χ0n) is 15.0. The van der Waals surface area contributed by atoms with Crippen LogP contribution in [0.25, 0.3) is 0 Å². The van der Waals surface area contributed by atoms with E-state index in [4.69, 9.17) is 0 Å². The molecule has 1 saturated carbocycles. The van der Waals surface area contributed by atoms with Crippen molar-refractivity contribution in [3.8, 4) is 0 Å². The number of benzene rings is 1. The van der Waals surface area contributed by atoms with Crippen molar-refractivity contribution in [2.75, 3.05) is 26.0 Å². The molecule has 0 bridgehead atoms. The number of nitrogens with one attached hydrogen (secondary N) is 2. The van der Waals surface area contributed by atoms with Gasteiger partial charge in [-0.2, -0.15) is 0 Å². The first-order valence-corrected chi connectivity index (χ1v) is 8.77. The lowest BCUT2D eigenvalue weighted by atomic mass is 9.75. The maximum Gasteiger partial charge on any atom is 0.319 e. The minimum atomic E-state index is -0.106. The third kappa shape index (κ3) is 4.47. The van der Waals surface area contributed by atoms with Crippen LogP contribution in [0.15, 0.2) is 24.3 Å². The Labute approximate surface area is 140 Å². The van der Waals surface area contributed by atoms with Gasteiger partial charge in [-0.3, -0.25) is 0 Å². The summed E-state index contributed by atoms with van der Waals surface area (Å²) in [5, 5.41) is 6.10. The number of carbonyl (C=O) groups excluding carboxylic acids is 1. The molecule has 1 fully saturated rings. The van der Waals surface area contributed by atoms with Crippen molar-refractivity contribution >= 4 is 11.7 Å². The zero-order chi connectivity index (χ0) is 16.9. The molecule has 0 radical (unpaired) electrons. The summed E-state index contributed by atoms with van der Waals surface area (Å²) in [6.45, 7) is 5.11. The van der Waals surface area contributed by atoms with E-state index >= 15 is 0 Å².